The smallest absolute Gasteiger partial charge is 0.329 e. The van der Waals surface area contributed by atoms with Crippen molar-refractivity contribution in [2.45, 2.75) is 18.9 Å². The van der Waals surface area contributed by atoms with E-state index in [1.807, 2.05) is 11.9 Å². The number of hydrogen-bond acceptors (Lipinski definition) is 6. The lowest BCUT2D eigenvalue weighted by atomic mass is 10.1. The van der Waals surface area contributed by atoms with Gasteiger partial charge in [-0.2, -0.15) is 0 Å². The van der Waals surface area contributed by atoms with Crippen molar-refractivity contribution in [3.8, 4) is 5.75 Å². The van der Waals surface area contributed by atoms with Crippen LogP contribution in [0.4, 0.5) is 16.2 Å². The van der Waals surface area contributed by atoms with E-state index < -0.39 is 18.0 Å². The molecule has 8 nitrogen and oxygen atoms in total. The number of rotatable bonds is 4. The standard InChI is InChI=1S/C16H19N3O5/c1-18-7-8-24-13-5-3-10(9-12(13)18)19-15(21)11(17-16(19)22)4-6-14(20)23-2/h3,5,9,11H,4,6-8H2,1-2H3,(H,17,22)/t11-/m1/s1. The van der Waals surface area contributed by atoms with Gasteiger partial charge in [0.1, 0.15) is 18.4 Å². The zero-order valence-electron chi connectivity index (χ0n) is 13.6. The molecule has 0 aliphatic carbocycles. The molecule has 0 aromatic heterocycles. The number of amides is 3. The zero-order valence-corrected chi connectivity index (χ0v) is 13.6. The van der Waals surface area contributed by atoms with E-state index in [0.29, 0.717) is 12.3 Å². The molecule has 3 rings (SSSR count). The Balaban J connectivity index is 1.79. The molecule has 0 radical (unpaired) electrons. The Kier molecular flexibility index (Phi) is 4.28. The molecular formula is C16H19N3O5. The average Bonchev–Trinajstić information content (AvgIpc) is 2.86. The summed E-state index contributed by atoms with van der Waals surface area (Å²) in [5.74, 6) is -0.0620. The van der Waals surface area contributed by atoms with E-state index in [4.69, 9.17) is 4.74 Å². The number of benzene rings is 1. The second-order valence-corrected chi connectivity index (χ2v) is 5.71. The Morgan fingerprint density at radius 3 is 2.96 bits per heavy atom. The maximum Gasteiger partial charge on any atom is 0.329 e. The quantitative estimate of drug-likeness (QED) is 0.650. The van der Waals surface area contributed by atoms with Crippen LogP contribution in [0.25, 0.3) is 0 Å². The van der Waals surface area contributed by atoms with Crippen molar-refractivity contribution in [3.63, 3.8) is 0 Å². The summed E-state index contributed by atoms with van der Waals surface area (Å²) in [6, 6.07) is 3.98. The number of urea groups is 1. The van der Waals surface area contributed by atoms with Crippen molar-refractivity contribution in [2.24, 2.45) is 0 Å². The molecular weight excluding hydrogens is 314 g/mol. The SMILES string of the molecule is COC(=O)CC[C@H]1NC(=O)N(c2ccc3c(c2)N(C)CCO3)C1=O. The summed E-state index contributed by atoms with van der Waals surface area (Å²) >= 11 is 0. The van der Waals surface area contributed by atoms with Crippen LogP contribution in [0.15, 0.2) is 18.2 Å². The second-order valence-electron chi connectivity index (χ2n) is 5.71. The highest BCUT2D eigenvalue weighted by Crippen LogP contribution is 2.35. The number of imide groups is 1. The van der Waals surface area contributed by atoms with E-state index in [2.05, 4.69) is 10.1 Å². The molecule has 3 amide bonds. The Bertz CT molecular complexity index is 690. The number of ether oxygens (including phenoxy) is 2. The van der Waals surface area contributed by atoms with Gasteiger partial charge in [0.05, 0.1) is 25.0 Å². The van der Waals surface area contributed by atoms with Crippen molar-refractivity contribution in [3.05, 3.63) is 18.2 Å². The van der Waals surface area contributed by atoms with Gasteiger partial charge in [0, 0.05) is 13.5 Å². The van der Waals surface area contributed by atoms with E-state index in [1.54, 1.807) is 18.2 Å². The van der Waals surface area contributed by atoms with Gasteiger partial charge in [-0.1, -0.05) is 0 Å². The molecule has 1 fully saturated rings. The summed E-state index contributed by atoms with van der Waals surface area (Å²) in [5, 5.41) is 2.61. The minimum atomic E-state index is -0.721. The summed E-state index contributed by atoms with van der Waals surface area (Å²) in [7, 11) is 3.21. The number of fused-ring (bicyclic) bond motifs is 1. The highest BCUT2D eigenvalue weighted by Gasteiger charge is 2.39. The van der Waals surface area contributed by atoms with Crippen molar-refractivity contribution < 1.29 is 23.9 Å². The second kappa shape index (κ2) is 6.38. The number of hydrogen-bond donors (Lipinski definition) is 1. The fourth-order valence-electron chi connectivity index (χ4n) is 2.81. The highest BCUT2D eigenvalue weighted by atomic mass is 16.5. The van der Waals surface area contributed by atoms with Crippen LogP contribution in [0.3, 0.4) is 0 Å². The Labute approximate surface area is 139 Å². The monoisotopic (exact) mass is 333 g/mol. The molecule has 0 unspecified atom stereocenters. The molecule has 0 spiro atoms. The molecule has 2 heterocycles. The maximum atomic E-state index is 12.5. The van der Waals surface area contributed by atoms with Gasteiger partial charge < -0.3 is 19.7 Å². The Morgan fingerprint density at radius 2 is 2.21 bits per heavy atom. The molecule has 2 aliphatic rings. The predicted octanol–water partition coefficient (Wildman–Crippen LogP) is 0.893. The number of methoxy groups -OCH3 is 1. The molecule has 1 aromatic rings. The molecule has 24 heavy (non-hydrogen) atoms. The summed E-state index contributed by atoms with van der Waals surface area (Å²) < 4.78 is 10.1. The molecule has 8 heteroatoms. The van der Waals surface area contributed by atoms with Gasteiger partial charge in [0.25, 0.3) is 5.91 Å². The number of esters is 1. The number of nitrogens with zero attached hydrogens (tertiary/aromatic N) is 2. The van der Waals surface area contributed by atoms with Gasteiger partial charge in [0.2, 0.25) is 0 Å². The number of likely N-dealkylation sites (N-methyl/N-ethyl adjacent to an activating group) is 1. The first-order valence-corrected chi connectivity index (χ1v) is 7.70. The summed E-state index contributed by atoms with van der Waals surface area (Å²) in [6.45, 7) is 1.33. The minimum absolute atomic E-state index is 0.0712. The lowest BCUT2D eigenvalue weighted by Gasteiger charge is -2.28. The number of nitrogens with one attached hydrogen (secondary N) is 1. The maximum absolute atomic E-state index is 12.5. The van der Waals surface area contributed by atoms with Gasteiger partial charge >= 0.3 is 12.0 Å². The van der Waals surface area contributed by atoms with Crippen molar-refractivity contribution in [2.75, 3.05) is 37.1 Å². The van der Waals surface area contributed by atoms with E-state index >= 15 is 0 Å². The van der Waals surface area contributed by atoms with Crippen molar-refractivity contribution in [1.29, 1.82) is 0 Å². The van der Waals surface area contributed by atoms with Crippen LogP contribution in [0.1, 0.15) is 12.8 Å². The molecule has 128 valence electrons. The van der Waals surface area contributed by atoms with Gasteiger partial charge in [0.15, 0.2) is 0 Å². The summed E-state index contributed by atoms with van der Waals surface area (Å²) in [5.41, 5.74) is 1.31. The largest absolute Gasteiger partial charge is 0.490 e. The number of carbonyl (C=O) groups excluding carboxylic acids is 3. The van der Waals surface area contributed by atoms with Crippen molar-refractivity contribution >= 4 is 29.3 Å². The topological polar surface area (TPSA) is 88.2 Å². The normalized spacial score (nSPS) is 19.7. The van der Waals surface area contributed by atoms with Crippen LogP contribution in [0.2, 0.25) is 0 Å². The van der Waals surface area contributed by atoms with Gasteiger partial charge in [-0.3, -0.25) is 9.59 Å². The van der Waals surface area contributed by atoms with E-state index in [9.17, 15) is 14.4 Å². The molecule has 0 saturated carbocycles. The minimum Gasteiger partial charge on any atom is -0.490 e. The van der Waals surface area contributed by atoms with Gasteiger partial charge in [-0.15, -0.1) is 0 Å². The number of carbonyl (C=O) groups is 3. The first-order chi connectivity index (χ1) is 11.5. The van der Waals surface area contributed by atoms with Crippen LogP contribution in [-0.2, 0) is 14.3 Å². The lowest BCUT2D eigenvalue weighted by Crippen LogP contribution is -2.33. The third-order valence-corrected chi connectivity index (χ3v) is 4.18. The first-order valence-electron chi connectivity index (χ1n) is 7.70. The molecule has 1 atom stereocenters. The third kappa shape index (κ3) is 2.86. The van der Waals surface area contributed by atoms with Crippen LogP contribution >= 0.6 is 0 Å². The van der Waals surface area contributed by atoms with E-state index in [1.165, 1.54) is 7.11 Å². The average molecular weight is 333 g/mol. The van der Waals surface area contributed by atoms with Crippen LogP contribution in [0, 0.1) is 0 Å². The molecule has 0 bridgehead atoms. The van der Waals surface area contributed by atoms with E-state index in [-0.39, 0.29) is 18.7 Å². The molecule has 1 aromatic carbocycles. The fraction of sp³-hybridized carbons (Fsp3) is 0.438. The first kappa shape index (κ1) is 16.1. The third-order valence-electron chi connectivity index (χ3n) is 4.18. The Morgan fingerprint density at radius 1 is 1.42 bits per heavy atom. The van der Waals surface area contributed by atoms with Crippen LogP contribution in [0.5, 0.6) is 5.75 Å². The molecule has 1 saturated heterocycles. The molecule has 2 aliphatic heterocycles. The summed E-state index contributed by atoms with van der Waals surface area (Å²) in [6.07, 6.45) is 0.281. The van der Waals surface area contributed by atoms with Crippen LogP contribution in [-0.4, -0.2) is 51.3 Å². The van der Waals surface area contributed by atoms with E-state index in [0.717, 1.165) is 22.9 Å². The summed E-state index contributed by atoms with van der Waals surface area (Å²) in [4.78, 5) is 39.0. The lowest BCUT2D eigenvalue weighted by molar-refractivity contribution is -0.140. The van der Waals surface area contributed by atoms with Gasteiger partial charge in [-0.05, 0) is 24.6 Å². The highest BCUT2D eigenvalue weighted by molar-refractivity contribution is 6.21. The zero-order chi connectivity index (χ0) is 17.3. The van der Waals surface area contributed by atoms with Crippen molar-refractivity contribution in [1.82, 2.24) is 5.32 Å². The predicted molar refractivity (Wildman–Crippen MR) is 86.3 cm³/mol. The molecule has 1 N–H and O–H groups in total. The Hall–Kier alpha value is -2.77. The fourth-order valence-corrected chi connectivity index (χ4v) is 2.81. The number of anilines is 2. The van der Waals surface area contributed by atoms with Gasteiger partial charge in [-0.25, -0.2) is 9.69 Å². The van der Waals surface area contributed by atoms with Crippen LogP contribution < -0.4 is 19.9 Å².